The lowest BCUT2D eigenvalue weighted by atomic mass is 9.71. The number of allylic oxidation sites excluding steroid dienone is 1. The number of benzene rings is 1. The smallest absolute Gasteiger partial charge is 0.0377 e. The molecule has 3 unspecified atom stereocenters. The fraction of sp³-hybridized carbons (Fsp3) is 0.579. The van der Waals surface area contributed by atoms with E-state index in [4.69, 9.17) is 0 Å². The Morgan fingerprint density at radius 3 is 2.55 bits per heavy atom. The molecule has 0 radical (unpaired) electrons. The predicted octanol–water partition coefficient (Wildman–Crippen LogP) is 5.31. The highest BCUT2D eigenvalue weighted by Gasteiger charge is 2.41. The molecule has 2 aliphatic rings. The lowest BCUT2D eigenvalue weighted by Gasteiger charge is -2.41. The van der Waals surface area contributed by atoms with Gasteiger partial charge in [0.1, 0.15) is 0 Å². The molecule has 3 rings (SSSR count). The molecule has 0 spiro atoms. The summed E-state index contributed by atoms with van der Waals surface area (Å²) < 4.78 is 0. The molecule has 3 atom stereocenters. The summed E-state index contributed by atoms with van der Waals surface area (Å²) in [7, 11) is 0. The van der Waals surface area contributed by atoms with Crippen molar-refractivity contribution in [1.29, 1.82) is 0 Å². The van der Waals surface area contributed by atoms with Crippen molar-refractivity contribution in [1.82, 2.24) is 0 Å². The maximum atomic E-state index is 3.81. The average Bonchev–Trinajstić information content (AvgIpc) is 2.77. The summed E-state index contributed by atoms with van der Waals surface area (Å²) in [5, 5.41) is 3.81. The minimum atomic E-state index is 0.575. The Hall–Kier alpha value is -1.24. The first-order valence-electron chi connectivity index (χ1n) is 8.13. The Balaban J connectivity index is 1.80. The zero-order valence-corrected chi connectivity index (χ0v) is 13.2. The van der Waals surface area contributed by atoms with E-state index in [1.54, 1.807) is 0 Å². The van der Waals surface area contributed by atoms with Crippen molar-refractivity contribution < 1.29 is 0 Å². The Labute approximate surface area is 123 Å². The third-order valence-electron chi connectivity index (χ3n) is 5.07. The number of hydrogen-bond acceptors (Lipinski definition) is 1. The van der Waals surface area contributed by atoms with Gasteiger partial charge in [0, 0.05) is 17.6 Å². The molecule has 20 heavy (non-hydrogen) atoms. The predicted molar refractivity (Wildman–Crippen MR) is 87.4 cm³/mol. The lowest BCUT2D eigenvalue weighted by Crippen LogP contribution is -2.43. The standard InChI is InChI=1S/C19H27N/c1-12(2)14-8-9-18(17(10-14)13(3)4)20-19-11-15-6-5-7-16(15)19/h5,7-10,12-13,15-16,19-20H,6,11H2,1-4H3. The molecule has 0 saturated heterocycles. The third-order valence-corrected chi connectivity index (χ3v) is 5.07. The van der Waals surface area contributed by atoms with Gasteiger partial charge in [-0.05, 0) is 47.8 Å². The molecule has 0 amide bonds. The van der Waals surface area contributed by atoms with Crippen LogP contribution in [0, 0.1) is 11.8 Å². The quantitative estimate of drug-likeness (QED) is 0.730. The molecule has 1 aromatic rings. The number of anilines is 1. The van der Waals surface area contributed by atoms with Gasteiger partial charge in [0.2, 0.25) is 0 Å². The van der Waals surface area contributed by atoms with E-state index in [9.17, 15) is 0 Å². The molecule has 0 aromatic heterocycles. The summed E-state index contributed by atoms with van der Waals surface area (Å²) in [6.07, 6.45) is 7.42. The Morgan fingerprint density at radius 2 is 1.90 bits per heavy atom. The zero-order chi connectivity index (χ0) is 14.3. The van der Waals surface area contributed by atoms with E-state index in [1.165, 1.54) is 29.7 Å². The van der Waals surface area contributed by atoms with Crippen LogP contribution in [0.15, 0.2) is 30.4 Å². The second kappa shape index (κ2) is 5.27. The van der Waals surface area contributed by atoms with E-state index in [1.807, 2.05) is 0 Å². The van der Waals surface area contributed by atoms with Gasteiger partial charge in [-0.25, -0.2) is 0 Å². The van der Waals surface area contributed by atoms with Crippen LogP contribution in [-0.2, 0) is 0 Å². The van der Waals surface area contributed by atoms with Gasteiger partial charge in [0.05, 0.1) is 0 Å². The number of nitrogens with one attached hydrogen (secondary N) is 1. The normalized spacial score (nSPS) is 27.8. The highest BCUT2D eigenvalue weighted by Crippen LogP contribution is 2.44. The highest BCUT2D eigenvalue weighted by atomic mass is 15.0. The van der Waals surface area contributed by atoms with Crippen LogP contribution in [0.3, 0.4) is 0 Å². The van der Waals surface area contributed by atoms with Crippen LogP contribution in [0.4, 0.5) is 5.69 Å². The summed E-state index contributed by atoms with van der Waals surface area (Å²) in [4.78, 5) is 0. The first-order valence-corrected chi connectivity index (χ1v) is 8.13. The number of rotatable bonds is 4. The van der Waals surface area contributed by atoms with E-state index >= 15 is 0 Å². The van der Waals surface area contributed by atoms with Crippen molar-refractivity contribution in [3.8, 4) is 0 Å². The van der Waals surface area contributed by atoms with Gasteiger partial charge in [-0.2, -0.15) is 0 Å². The van der Waals surface area contributed by atoms with Gasteiger partial charge < -0.3 is 5.32 Å². The molecule has 1 heteroatoms. The largest absolute Gasteiger partial charge is 0.381 e. The molecule has 1 aromatic carbocycles. The first kappa shape index (κ1) is 13.7. The van der Waals surface area contributed by atoms with Crippen molar-refractivity contribution in [3.05, 3.63) is 41.5 Å². The van der Waals surface area contributed by atoms with Crippen molar-refractivity contribution in [2.45, 2.75) is 58.4 Å². The molecule has 0 aliphatic heterocycles. The van der Waals surface area contributed by atoms with Crippen molar-refractivity contribution >= 4 is 5.69 Å². The van der Waals surface area contributed by atoms with Crippen LogP contribution in [-0.4, -0.2) is 6.04 Å². The third kappa shape index (κ3) is 2.39. The Morgan fingerprint density at radius 1 is 1.10 bits per heavy atom. The minimum Gasteiger partial charge on any atom is -0.381 e. The highest BCUT2D eigenvalue weighted by molar-refractivity contribution is 5.56. The summed E-state index contributed by atoms with van der Waals surface area (Å²) in [5.74, 6) is 2.88. The lowest BCUT2D eigenvalue weighted by molar-refractivity contribution is 0.218. The zero-order valence-electron chi connectivity index (χ0n) is 13.2. The fourth-order valence-corrected chi connectivity index (χ4v) is 3.63. The molecular weight excluding hydrogens is 242 g/mol. The monoisotopic (exact) mass is 269 g/mol. The van der Waals surface area contributed by atoms with Crippen molar-refractivity contribution in [2.75, 3.05) is 5.32 Å². The van der Waals surface area contributed by atoms with Gasteiger partial charge in [-0.15, -0.1) is 0 Å². The van der Waals surface area contributed by atoms with Crippen molar-refractivity contribution in [2.24, 2.45) is 11.8 Å². The maximum Gasteiger partial charge on any atom is 0.0377 e. The Kier molecular flexibility index (Phi) is 3.62. The Bertz CT molecular complexity index is 512. The van der Waals surface area contributed by atoms with Crippen LogP contribution in [0.25, 0.3) is 0 Å². The maximum absolute atomic E-state index is 3.81. The molecule has 0 heterocycles. The van der Waals surface area contributed by atoms with Crippen molar-refractivity contribution in [3.63, 3.8) is 0 Å². The van der Waals surface area contributed by atoms with Crippen LogP contribution >= 0.6 is 0 Å². The first-order chi connectivity index (χ1) is 9.56. The summed E-state index contributed by atoms with van der Waals surface area (Å²) in [5.41, 5.74) is 4.28. The molecule has 1 saturated carbocycles. The van der Waals surface area contributed by atoms with E-state index in [2.05, 4.69) is 63.4 Å². The molecule has 1 fully saturated rings. The van der Waals surface area contributed by atoms with E-state index in [-0.39, 0.29) is 0 Å². The molecule has 2 aliphatic carbocycles. The van der Waals surface area contributed by atoms with E-state index < -0.39 is 0 Å². The van der Waals surface area contributed by atoms with Crippen LogP contribution in [0.5, 0.6) is 0 Å². The van der Waals surface area contributed by atoms with Gasteiger partial charge >= 0.3 is 0 Å². The number of hydrogen-bond donors (Lipinski definition) is 1. The van der Waals surface area contributed by atoms with Crippen LogP contribution in [0.2, 0.25) is 0 Å². The number of fused-ring (bicyclic) bond motifs is 1. The second-order valence-corrected chi connectivity index (χ2v) is 7.14. The molecular formula is C19H27N. The summed E-state index contributed by atoms with van der Waals surface area (Å²) >= 11 is 0. The minimum absolute atomic E-state index is 0.575. The molecule has 0 bridgehead atoms. The van der Waals surface area contributed by atoms with Crippen LogP contribution < -0.4 is 5.32 Å². The fourth-order valence-electron chi connectivity index (χ4n) is 3.63. The summed E-state index contributed by atoms with van der Waals surface area (Å²) in [6.45, 7) is 9.13. The van der Waals surface area contributed by atoms with E-state index in [0.29, 0.717) is 17.9 Å². The van der Waals surface area contributed by atoms with Gasteiger partial charge in [0.15, 0.2) is 0 Å². The van der Waals surface area contributed by atoms with Gasteiger partial charge in [-0.3, -0.25) is 0 Å². The molecule has 108 valence electrons. The van der Waals surface area contributed by atoms with E-state index in [0.717, 1.165) is 11.8 Å². The SMILES string of the molecule is CC(C)c1ccc(NC2CC3CC=CC32)c(C(C)C)c1. The van der Waals surface area contributed by atoms with Crippen LogP contribution in [0.1, 0.15) is 63.5 Å². The summed E-state index contributed by atoms with van der Waals surface area (Å²) in [6, 6.07) is 7.65. The average molecular weight is 269 g/mol. The van der Waals surface area contributed by atoms with Gasteiger partial charge in [0.25, 0.3) is 0 Å². The van der Waals surface area contributed by atoms with Gasteiger partial charge in [-0.1, -0.05) is 52.0 Å². The topological polar surface area (TPSA) is 12.0 Å². The molecule has 1 N–H and O–H groups in total. The molecule has 1 nitrogen and oxygen atoms in total. The second-order valence-electron chi connectivity index (χ2n) is 7.14.